The van der Waals surface area contributed by atoms with Crippen molar-refractivity contribution >= 4 is 23.5 Å². The maximum atomic E-state index is 12.1. The van der Waals surface area contributed by atoms with Crippen molar-refractivity contribution in [2.24, 2.45) is 0 Å². The van der Waals surface area contributed by atoms with E-state index in [4.69, 9.17) is 11.6 Å². The number of aromatic nitrogens is 5. The molecule has 0 aliphatic heterocycles. The van der Waals surface area contributed by atoms with Gasteiger partial charge in [-0.15, -0.1) is 0 Å². The SMILES string of the molecule is O=C(Nc1ncnc(-c2ccccn2)n1)c1ccc(Cl)nc1. The molecule has 3 heterocycles. The highest BCUT2D eigenvalue weighted by Gasteiger charge is 2.10. The zero-order valence-corrected chi connectivity index (χ0v) is 11.9. The molecule has 0 radical (unpaired) electrons. The Hall–Kier alpha value is -2.93. The van der Waals surface area contributed by atoms with Crippen LogP contribution in [0.25, 0.3) is 11.5 Å². The van der Waals surface area contributed by atoms with Crippen LogP contribution in [0.4, 0.5) is 5.95 Å². The maximum absolute atomic E-state index is 12.1. The third-order valence-electron chi connectivity index (χ3n) is 2.68. The predicted octanol–water partition coefficient (Wildman–Crippen LogP) is 2.23. The molecule has 22 heavy (non-hydrogen) atoms. The number of rotatable bonds is 3. The number of carbonyl (C=O) groups excluding carboxylic acids is 1. The average Bonchev–Trinajstić information content (AvgIpc) is 2.56. The van der Waals surface area contributed by atoms with Crippen LogP contribution in [0.2, 0.25) is 5.15 Å². The molecule has 8 heteroatoms. The van der Waals surface area contributed by atoms with E-state index >= 15 is 0 Å². The van der Waals surface area contributed by atoms with Crippen molar-refractivity contribution < 1.29 is 4.79 Å². The molecule has 0 spiro atoms. The molecule has 0 saturated carbocycles. The topological polar surface area (TPSA) is 93.6 Å². The molecule has 0 aliphatic rings. The molecule has 0 aliphatic carbocycles. The summed E-state index contributed by atoms with van der Waals surface area (Å²) in [6, 6.07) is 8.48. The van der Waals surface area contributed by atoms with Crippen LogP contribution < -0.4 is 5.32 Å². The van der Waals surface area contributed by atoms with Crippen LogP contribution in [-0.4, -0.2) is 30.8 Å². The van der Waals surface area contributed by atoms with Crippen molar-refractivity contribution in [3.05, 3.63) is 59.8 Å². The number of hydrogen-bond donors (Lipinski definition) is 1. The Morgan fingerprint density at radius 3 is 2.68 bits per heavy atom. The molecule has 0 aromatic carbocycles. The third kappa shape index (κ3) is 3.21. The number of nitrogens with zero attached hydrogens (tertiary/aromatic N) is 5. The van der Waals surface area contributed by atoms with E-state index < -0.39 is 0 Å². The second kappa shape index (κ2) is 6.23. The van der Waals surface area contributed by atoms with Gasteiger partial charge in [0.1, 0.15) is 17.2 Å². The first-order chi connectivity index (χ1) is 10.7. The highest BCUT2D eigenvalue weighted by atomic mass is 35.5. The largest absolute Gasteiger partial charge is 0.290 e. The van der Waals surface area contributed by atoms with E-state index in [0.29, 0.717) is 22.2 Å². The predicted molar refractivity (Wildman–Crippen MR) is 80.3 cm³/mol. The van der Waals surface area contributed by atoms with Crippen molar-refractivity contribution in [2.45, 2.75) is 0 Å². The van der Waals surface area contributed by atoms with Crippen LogP contribution in [0.5, 0.6) is 0 Å². The molecule has 108 valence electrons. The minimum Gasteiger partial charge on any atom is -0.290 e. The molecule has 3 aromatic rings. The van der Waals surface area contributed by atoms with Crippen molar-refractivity contribution in [1.29, 1.82) is 0 Å². The zero-order valence-electron chi connectivity index (χ0n) is 11.1. The zero-order chi connectivity index (χ0) is 15.4. The highest BCUT2D eigenvalue weighted by molar-refractivity contribution is 6.29. The van der Waals surface area contributed by atoms with Gasteiger partial charge in [0.25, 0.3) is 5.91 Å². The van der Waals surface area contributed by atoms with E-state index in [2.05, 4.69) is 30.2 Å². The third-order valence-corrected chi connectivity index (χ3v) is 2.90. The second-order valence-corrected chi connectivity index (χ2v) is 4.56. The Morgan fingerprint density at radius 2 is 1.95 bits per heavy atom. The number of halogens is 1. The summed E-state index contributed by atoms with van der Waals surface area (Å²) in [5.41, 5.74) is 0.942. The quantitative estimate of drug-likeness (QED) is 0.745. The molecule has 3 rings (SSSR count). The van der Waals surface area contributed by atoms with Gasteiger partial charge >= 0.3 is 0 Å². The van der Waals surface area contributed by atoms with Gasteiger partial charge in [-0.2, -0.15) is 4.98 Å². The molecule has 1 N–H and O–H groups in total. The van der Waals surface area contributed by atoms with Crippen LogP contribution in [-0.2, 0) is 0 Å². The fourth-order valence-electron chi connectivity index (χ4n) is 1.66. The number of hydrogen-bond acceptors (Lipinski definition) is 6. The highest BCUT2D eigenvalue weighted by Crippen LogP contribution is 2.12. The Kier molecular flexibility index (Phi) is 3.97. The lowest BCUT2D eigenvalue weighted by Crippen LogP contribution is -2.15. The van der Waals surface area contributed by atoms with Gasteiger partial charge in [-0.3, -0.25) is 15.1 Å². The smallest absolute Gasteiger partial charge is 0.259 e. The molecule has 0 unspecified atom stereocenters. The fourth-order valence-corrected chi connectivity index (χ4v) is 1.77. The van der Waals surface area contributed by atoms with E-state index in [0.717, 1.165) is 0 Å². The molecule has 0 atom stereocenters. The lowest BCUT2D eigenvalue weighted by atomic mass is 10.3. The van der Waals surface area contributed by atoms with Crippen LogP contribution in [0.15, 0.2) is 49.1 Å². The fraction of sp³-hybridized carbons (Fsp3) is 0. The summed E-state index contributed by atoms with van der Waals surface area (Å²) in [7, 11) is 0. The molecule has 3 aromatic heterocycles. The van der Waals surface area contributed by atoms with Crippen LogP contribution in [0.3, 0.4) is 0 Å². The van der Waals surface area contributed by atoms with Crippen molar-refractivity contribution in [1.82, 2.24) is 24.9 Å². The number of pyridine rings is 2. The molecule has 0 fully saturated rings. The molecule has 0 bridgehead atoms. The number of amides is 1. The Labute approximate surface area is 130 Å². The maximum Gasteiger partial charge on any atom is 0.259 e. The summed E-state index contributed by atoms with van der Waals surface area (Å²) in [6.07, 6.45) is 4.32. The summed E-state index contributed by atoms with van der Waals surface area (Å²) < 4.78 is 0. The van der Waals surface area contributed by atoms with Crippen LogP contribution in [0, 0.1) is 0 Å². The summed E-state index contributed by atoms with van der Waals surface area (Å²) in [6.45, 7) is 0. The van der Waals surface area contributed by atoms with Gasteiger partial charge in [0, 0.05) is 12.4 Å². The van der Waals surface area contributed by atoms with Crippen LogP contribution >= 0.6 is 11.6 Å². The minimum atomic E-state index is -0.387. The molecule has 1 amide bonds. The Bertz CT molecular complexity index is 794. The van der Waals surface area contributed by atoms with Gasteiger partial charge in [0.15, 0.2) is 5.82 Å². The van der Waals surface area contributed by atoms with E-state index in [-0.39, 0.29) is 11.9 Å². The van der Waals surface area contributed by atoms with Crippen LogP contribution in [0.1, 0.15) is 10.4 Å². The number of nitrogens with one attached hydrogen (secondary N) is 1. The number of carbonyl (C=O) groups is 1. The number of anilines is 1. The first-order valence-corrected chi connectivity index (χ1v) is 6.63. The summed E-state index contributed by atoms with van der Waals surface area (Å²) in [4.78, 5) is 32.2. The van der Waals surface area contributed by atoms with E-state index in [1.807, 2.05) is 6.07 Å². The van der Waals surface area contributed by atoms with Crippen molar-refractivity contribution in [3.63, 3.8) is 0 Å². The second-order valence-electron chi connectivity index (χ2n) is 4.17. The van der Waals surface area contributed by atoms with Gasteiger partial charge in [0.2, 0.25) is 5.95 Å². The summed E-state index contributed by atoms with van der Waals surface area (Å²) in [5, 5.41) is 2.89. The molecule has 0 saturated heterocycles. The van der Waals surface area contributed by atoms with E-state index in [1.54, 1.807) is 24.4 Å². The monoisotopic (exact) mass is 312 g/mol. The van der Waals surface area contributed by atoms with Gasteiger partial charge < -0.3 is 0 Å². The van der Waals surface area contributed by atoms with E-state index in [9.17, 15) is 4.79 Å². The lowest BCUT2D eigenvalue weighted by molar-refractivity contribution is 0.102. The normalized spacial score (nSPS) is 10.2. The minimum absolute atomic E-state index is 0.135. The Morgan fingerprint density at radius 1 is 1.05 bits per heavy atom. The summed E-state index contributed by atoms with van der Waals surface area (Å²) >= 11 is 5.68. The first-order valence-electron chi connectivity index (χ1n) is 6.26. The first kappa shape index (κ1) is 14.0. The molecule has 7 nitrogen and oxygen atoms in total. The lowest BCUT2D eigenvalue weighted by Gasteiger charge is -2.04. The Balaban J connectivity index is 1.81. The standard InChI is InChI=1S/C14H9ClN6O/c15-11-5-4-9(7-17-11)13(22)21-14-19-8-18-12(20-14)10-3-1-2-6-16-10/h1-8H,(H,18,19,20,21,22). The van der Waals surface area contributed by atoms with Gasteiger partial charge in [-0.25, -0.2) is 15.0 Å². The van der Waals surface area contributed by atoms with Gasteiger partial charge in [0.05, 0.1) is 5.56 Å². The summed E-state index contributed by atoms with van der Waals surface area (Å²) in [5.74, 6) is 0.123. The van der Waals surface area contributed by atoms with Crippen molar-refractivity contribution in [2.75, 3.05) is 5.32 Å². The van der Waals surface area contributed by atoms with Gasteiger partial charge in [-0.1, -0.05) is 17.7 Å². The average molecular weight is 313 g/mol. The molecular formula is C14H9ClN6O. The molecular weight excluding hydrogens is 304 g/mol. The van der Waals surface area contributed by atoms with Crippen molar-refractivity contribution in [3.8, 4) is 11.5 Å². The van der Waals surface area contributed by atoms with Gasteiger partial charge in [-0.05, 0) is 24.3 Å². The van der Waals surface area contributed by atoms with E-state index in [1.165, 1.54) is 18.6 Å².